The Morgan fingerprint density at radius 2 is 1.95 bits per heavy atom. The maximum Gasteiger partial charge on any atom is 0.423 e. The highest BCUT2D eigenvalue weighted by Crippen LogP contribution is 2.32. The number of hydrogen-bond donors (Lipinski definition) is 3. The van der Waals surface area contributed by atoms with Crippen LogP contribution in [0.25, 0.3) is 22.2 Å². The molecule has 0 saturated heterocycles. The van der Waals surface area contributed by atoms with Crippen molar-refractivity contribution >= 4 is 33.9 Å². The van der Waals surface area contributed by atoms with Crippen molar-refractivity contribution in [3.05, 3.63) is 73.7 Å². The van der Waals surface area contributed by atoms with Crippen LogP contribution in [-0.2, 0) is 12.7 Å². The van der Waals surface area contributed by atoms with Crippen LogP contribution in [0.4, 0.5) is 33.5 Å². The molecule has 3 aromatic heterocycles. The van der Waals surface area contributed by atoms with E-state index in [1.54, 1.807) is 12.0 Å². The summed E-state index contributed by atoms with van der Waals surface area (Å²) in [6.07, 6.45) is -0.453. The van der Waals surface area contributed by atoms with Crippen molar-refractivity contribution in [2.75, 3.05) is 11.1 Å². The first-order chi connectivity index (χ1) is 18.4. The Morgan fingerprint density at radius 1 is 1.21 bits per heavy atom. The van der Waals surface area contributed by atoms with Gasteiger partial charge in [-0.1, -0.05) is 18.5 Å². The Hall–Kier alpha value is -4.07. The highest BCUT2D eigenvalue weighted by molar-refractivity contribution is 6.32. The second-order valence-corrected chi connectivity index (χ2v) is 9.04. The molecule has 1 atom stereocenters. The Labute approximate surface area is 221 Å². The lowest BCUT2D eigenvalue weighted by Gasteiger charge is -2.20. The van der Waals surface area contributed by atoms with Gasteiger partial charge in [0.15, 0.2) is 17.5 Å². The summed E-state index contributed by atoms with van der Waals surface area (Å²) in [5.74, 6) is -3.04. The van der Waals surface area contributed by atoms with Gasteiger partial charge in [-0.2, -0.15) is 18.3 Å². The number of fused-ring (bicyclic) bond motifs is 1. The summed E-state index contributed by atoms with van der Waals surface area (Å²) in [4.78, 5) is 32.4. The maximum atomic E-state index is 15.0. The van der Waals surface area contributed by atoms with E-state index in [9.17, 15) is 27.2 Å². The Kier molecular flexibility index (Phi) is 7.86. The average molecular weight is 570 g/mol. The van der Waals surface area contributed by atoms with Gasteiger partial charge in [0.25, 0.3) is 11.1 Å². The average Bonchev–Trinajstić information content (AvgIpc) is 2.87. The molecule has 0 aliphatic heterocycles. The fourth-order valence-corrected chi connectivity index (χ4v) is 4.21. The predicted octanol–water partition coefficient (Wildman–Crippen LogP) is 4.75. The summed E-state index contributed by atoms with van der Waals surface area (Å²) in [5, 5.41) is 7.57. The van der Waals surface area contributed by atoms with E-state index in [1.807, 2.05) is 0 Å². The minimum Gasteiger partial charge on any atom is -0.382 e. The summed E-state index contributed by atoms with van der Waals surface area (Å²) in [6.45, 7) is 1.81. The zero-order valence-electron chi connectivity index (χ0n) is 20.2. The number of nitrogens with one attached hydrogen (secondary N) is 2. The second-order valence-electron chi connectivity index (χ2n) is 8.63. The number of pyridine rings is 1. The summed E-state index contributed by atoms with van der Waals surface area (Å²) >= 11 is 5.79. The number of alkyl halides is 3. The lowest BCUT2D eigenvalue weighted by Crippen LogP contribution is -2.28. The van der Waals surface area contributed by atoms with Crippen LogP contribution in [0.15, 0.2) is 40.3 Å². The van der Waals surface area contributed by atoms with Gasteiger partial charge < -0.3 is 15.6 Å². The van der Waals surface area contributed by atoms with Gasteiger partial charge in [-0.25, -0.2) is 23.8 Å². The van der Waals surface area contributed by atoms with Crippen LogP contribution in [0.2, 0.25) is 5.02 Å². The molecule has 4 rings (SSSR count). The number of halogens is 6. The van der Waals surface area contributed by atoms with Crippen LogP contribution in [0.5, 0.6) is 0 Å². The molecule has 4 aromatic rings. The summed E-state index contributed by atoms with van der Waals surface area (Å²) in [7, 11) is 0. The molecule has 0 saturated carbocycles. The molecule has 39 heavy (non-hydrogen) atoms. The van der Waals surface area contributed by atoms with E-state index in [2.05, 4.69) is 20.4 Å². The smallest absolute Gasteiger partial charge is 0.382 e. The number of nitrogens with two attached hydrogens (primary N) is 1. The molecule has 9 nitrogen and oxygen atoms in total. The fraction of sp³-hybridized carbons (Fsp3) is 0.292. The van der Waals surface area contributed by atoms with Crippen molar-refractivity contribution in [2.45, 2.75) is 44.9 Å². The Balaban J connectivity index is 1.55. The molecule has 4 N–H and O–H groups in total. The third-order valence-corrected chi connectivity index (χ3v) is 6.39. The lowest BCUT2D eigenvalue weighted by atomic mass is 10.1. The summed E-state index contributed by atoms with van der Waals surface area (Å²) in [6, 6.07) is 2.16. The van der Waals surface area contributed by atoms with Gasteiger partial charge in [0, 0.05) is 18.8 Å². The highest BCUT2D eigenvalue weighted by atomic mass is 35.5. The number of H-pyrrole nitrogens is 1. The van der Waals surface area contributed by atoms with Gasteiger partial charge in [0.05, 0.1) is 29.0 Å². The van der Waals surface area contributed by atoms with E-state index in [1.165, 1.54) is 22.9 Å². The zero-order chi connectivity index (χ0) is 28.5. The van der Waals surface area contributed by atoms with Crippen molar-refractivity contribution in [1.82, 2.24) is 24.7 Å². The first-order valence-corrected chi connectivity index (χ1v) is 12.0. The fourth-order valence-electron chi connectivity index (χ4n) is 4.12. The van der Waals surface area contributed by atoms with Gasteiger partial charge in [-0.3, -0.25) is 9.59 Å². The van der Waals surface area contributed by atoms with Crippen molar-refractivity contribution < 1.29 is 22.0 Å². The SMILES string of the molecule is CC[C@@H](CCCn1ccc2cc(-c3ncc(Cl)c(N)n3)c(F)c(F)c2c1=O)Nc1cn[nH]c(=O)c1C(F)(F)F. The van der Waals surface area contributed by atoms with Crippen LogP contribution in [0, 0.1) is 11.6 Å². The lowest BCUT2D eigenvalue weighted by molar-refractivity contribution is -0.138. The van der Waals surface area contributed by atoms with Gasteiger partial charge in [0.2, 0.25) is 0 Å². The number of aromatic nitrogens is 5. The molecule has 0 aliphatic carbocycles. The van der Waals surface area contributed by atoms with Crippen LogP contribution in [0.3, 0.4) is 0 Å². The van der Waals surface area contributed by atoms with Crippen LogP contribution in [-0.4, -0.2) is 30.8 Å². The number of nitrogen functional groups attached to an aromatic ring is 1. The molecule has 0 fully saturated rings. The molecule has 0 spiro atoms. The van der Waals surface area contributed by atoms with Gasteiger partial charge in [-0.15, -0.1) is 0 Å². The molecular weight excluding hydrogens is 549 g/mol. The predicted molar refractivity (Wildman–Crippen MR) is 135 cm³/mol. The minimum absolute atomic E-state index is 0.0405. The summed E-state index contributed by atoms with van der Waals surface area (Å²) in [5.41, 5.74) is 1.34. The number of aromatic amines is 1. The monoisotopic (exact) mass is 569 g/mol. The molecule has 0 unspecified atom stereocenters. The first kappa shape index (κ1) is 28.0. The quantitative estimate of drug-likeness (QED) is 0.261. The standard InChI is InChI=1S/C24H21ClF5N7O2/c1-2-12(34-15-10-33-36-22(38)17(15)24(28,29)30)4-3-6-37-7-5-11-8-13(18(26)19(27)16(11)23(37)39)21-32-9-14(25)20(31)35-21/h5,7-10,12H,2-4,6H2,1H3,(H2,31,32,35)(H2,34,36,38)/t12-/m0/s1. The van der Waals surface area contributed by atoms with Gasteiger partial charge in [-0.05, 0) is 36.8 Å². The van der Waals surface area contributed by atoms with Gasteiger partial charge in [0.1, 0.15) is 16.4 Å². The van der Waals surface area contributed by atoms with Crippen molar-refractivity contribution in [3.8, 4) is 11.4 Å². The maximum absolute atomic E-state index is 15.0. The molecular formula is C24H21ClF5N7O2. The highest BCUT2D eigenvalue weighted by Gasteiger charge is 2.37. The Bertz CT molecular complexity index is 1660. The van der Waals surface area contributed by atoms with Crippen LogP contribution in [0.1, 0.15) is 31.7 Å². The normalized spacial score (nSPS) is 12.6. The summed E-state index contributed by atoms with van der Waals surface area (Å²) < 4.78 is 71.1. The largest absolute Gasteiger partial charge is 0.423 e. The molecule has 1 aromatic carbocycles. The van der Waals surface area contributed by atoms with Crippen molar-refractivity contribution in [1.29, 1.82) is 0 Å². The number of benzene rings is 1. The van der Waals surface area contributed by atoms with E-state index in [4.69, 9.17) is 17.3 Å². The van der Waals surface area contributed by atoms with E-state index in [0.29, 0.717) is 19.3 Å². The third kappa shape index (κ3) is 5.70. The molecule has 0 amide bonds. The molecule has 206 valence electrons. The molecule has 0 bridgehead atoms. The third-order valence-electron chi connectivity index (χ3n) is 6.10. The Morgan fingerprint density at radius 3 is 2.62 bits per heavy atom. The van der Waals surface area contributed by atoms with Gasteiger partial charge >= 0.3 is 6.18 Å². The van der Waals surface area contributed by atoms with E-state index < -0.39 is 51.6 Å². The van der Waals surface area contributed by atoms with E-state index in [0.717, 1.165) is 12.4 Å². The number of rotatable bonds is 8. The first-order valence-electron chi connectivity index (χ1n) is 11.6. The zero-order valence-corrected chi connectivity index (χ0v) is 21.0. The van der Waals surface area contributed by atoms with Crippen LogP contribution >= 0.6 is 11.6 Å². The topological polar surface area (TPSA) is 132 Å². The van der Waals surface area contributed by atoms with E-state index in [-0.39, 0.29) is 34.2 Å². The molecule has 3 heterocycles. The van der Waals surface area contributed by atoms with Crippen molar-refractivity contribution in [3.63, 3.8) is 0 Å². The second kappa shape index (κ2) is 11.0. The van der Waals surface area contributed by atoms with Crippen molar-refractivity contribution in [2.24, 2.45) is 0 Å². The van der Waals surface area contributed by atoms with Crippen LogP contribution < -0.4 is 22.2 Å². The molecule has 0 aliphatic rings. The minimum atomic E-state index is -4.89. The number of anilines is 2. The molecule has 15 heteroatoms. The van der Waals surface area contributed by atoms with E-state index >= 15 is 4.39 Å². The number of nitrogens with zero attached hydrogens (tertiary/aromatic N) is 4. The number of hydrogen-bond acceptors (Lipinski definition) is 7. The number of aryl methyl sites for hydroxylation is 1. The molecule has 0 radical (unpaired) electrons.